The Morgan fingerprint density at radius 2 is 1.79 bits per heavy atom. The molecule has 0 aliphatic carbocycles. The molecule has 3 rings (SSSR count). The van der Waals surface area contributed by atoms with Gasteiger partial charge in [-0.15, -0.1) is 0 Å². The van der Waals surface area contributed by atoms with Crippen LogP contribution in [0.2, 0.25) is 0 Å². The van der Waals surface area contributed by atoms with Gasteiger partial charge < -0.3 is 20.1 Å². The Morgan fingerprint density at radius 1 is 1.09 bits per heavy atom. The van der Waals surface area contributed by atoms with E-state index in [0.717, 1.165) is 35.2 Å². The van der Waals surface area contributed by atoms with Gasteiger partial charge in [-0.3, -0.25) is 14.4 Å². The normalized spacial score (nSPS) is 15.2. The predicted molar refractivity (Wildman–Crippen MR) is 129 cm³/mol. The third-order valence-electron chi connectivity index (χ3n) is 5.29. The molecule has 9 heteroatoms. The molecule has 3 N–H and O–H groups in total. The monoisotopic (exact) mass is 466 g/mol. The second-order valence-electron chi connectivity index (χ2n) is 8.22. The van der Waals surface area contributed by atoms with Gasteiger partial charge in [0, 0.05) is 18.8 Å². The van der Waals surface area contributed by atoms with Crippen molar-refractivity contribution in [2.75, 3.05) is 25.1 Å². The van der Waals surface area contributed by atoms with Gasteiger partial charge in [0.25, 0.3) is 5.91 Å². The van der Waals surface area contributed by atoms with Crippen molar-refractivity contribution >= 4 is 29.6 Å². The standard InChI is InChI=1S/C25H30N4O5/c1-16-11-17(2)23(18(3)12-16)28-22(30)15-34-20-8-6-19(7-9-20)13-27-29-25(32)24(31)26-14-21-5-4-10-33-21/h6-9,11-13,21H,4-5,10,14-15H2,1-3H3,(H,26,31)(H,28,30)(H,29,32)/b27-13-/t21-/m1/s1. The lowest BCUT2D eigenvalue weighted by molar-refractivity contribution is -0.139. The number of carbonyl (C=O) groups is 3. The summed E-state index contributed by atoms with van der Waals surface area (Å²) in [6, 6.07) is 10.8. The van der Waals surface area contributed by atoms with E-state index >= 15 is 0 Å². The highest BCUT2D eigenvalue weighted by Gasteiger charge is 2.19. The van der Waals surface area contributed by atoms with E-state index in [9.17, 15) is 14.4 Å². The third-order valence-corrected chi connectivity index (χ3v) is 5.29. The summed E-state index contributed by atoms with van der Waals surface area (Å²) in [7, 11) is 0. The molecule has 1 saturated heterocycles. The fraction of sp³-hybridized carbons (Fsp3) is 0.360. The maximum absolute atomic E-state index is 12.3. The molecule has 9 nitrogen and oxygen atoms in total. The Bertz CT molecular complexity index is 1040. The molecule has 1 atom stereocenters. The number of rotatable bonds is 8. The summed E-state index contributed by atoms with van der Waals surface area (Å²) in [5.41, 5.74) is 6.82. The molecule has 0 aromatic heterocycles. The molecular formula is C25H30N4O5. The highest BCUT2D eigenvalue weighted by molar-refractivity contribution is 6.35. The number of aryl methyl sites for hydroxylation is 3. The van der Waals surface area contributed by atoms with Crippen LogP contribution in [0.25, 0.3) is 0 Å². The van der Waals surface area contributed by atoms with Crippen LogP contribution in [0.4, 0.5) is 5.69 Å². The number of hydrogen-bond acceptors (Lipinski definition) is 6. The summed E-state index contributed by atoms with van der Waals surface area (Å²) < 4.78 is 10.9. The van der Waals surface area contributed by atoms with E-state index in [4.69, 9.17) is 9.47 Å². The number of nitrogens with zero attached hydrogens (tertiary/aromatic N) is 1. The maximum atomic E-state index is 12.3. The van der Waals surface area contributed by atoms with E-state index in [1.807, 2.05) is 32.9 Å². The lowest BCUT2D eigenvalue weighted by Gasteiger charge is -2.13. The Hall–Kier alpha value is -3.72. The second kappa shape index (κ2) is 11.9. The largest absolute Gasteiger partial charge is 0.484 e. The topological polar surface area (TPSA) is 118 Å². The number of ether oxygens (including phenoxy) is 2. The Morgan fingerprint density at radius 3 is 2.44 bits per heavy atom. The van der Waals surface area contributed by atoms with Crippen molar-refractivity contribution in [1.82, 2.24) is 10.7 Å². The van der Waals surface area contributed by atoms with E-state index in [1.54, 1.807) is 24.3 Å². The maximum Gasteiger partial charge on any atom is 0.329 e. The number of carbonyl (C=O) groups excluding carboxylic acids is 3. The molecule has 3 amide bonds. The highest BCUT2D eigenvalue weighted by Crippen LogP contribution is 2.22. The van der Waals surface area contributed by atoms with Gasteiger partial charge in [-0.05, 0) is 74.6 Å². The quantitative estimate of drug-likeness (QED) is 0.314. The van der Waals surface area contributed by atoms with Crippen LogP contribution in [0.15, 0.2) is 41.5 Å². The van der Waals surface area contributed by atoms with Gasteiger partial charge in [0.05, 0.1) is 12.3 Å². The first-order valence-corrected chi connectivity index (χ1v) is 11.1. The van der Waals surface area contributed by atoms with Gasteiger partial charge in [-0.25, -0.2) is 5.43 Å². The molecule has 0 radical (unpaired) electrons. The van der Waals surface area contributed by atoms with E-state index in [1.165, 1.54) is 6.21 Å². The van der Waals surface area contributed by atoms with Gasteiger partial charge in [-0.1, -0.05) is 17.7 Å². The lowest BCUT2D eigenvalue weighted by Crippen LogP contribution is -2.41. The SMILES string of the molecule is Cc1cc(C)c(NC(=O)COc2ccc(/C=N\NC(=O)C(=O)NC[C@H]3CCCO3)cc2)c(C)c1. The first-order valence-electron chi connectivity index (χ1n) is 11.1. The van der Waals surface area contributed by atoms with Crippen molar-refractivity contribution < 1.29 is 23.9 Å². The van der Waals surface area contributed by atoms with Crippen molar-refractivity contribution in [1.29, 1.82) is 0 Å². The van der Waals surface area contributed by atoms with Crippen molar-refractivity contribution in [3.05, 3.63) is 58.7 Å². The summed E-state index contributed by atoms with van der Waals surface area (Å²) in [6.45, 7) is 6.79. The number of benzene rings is 2. The van der Waals surface area contributed by atoms with Gasteiger partial charge in [0.1, 0.15) is 5.75 Å². The summed E-state index contributed by atoms with van der Waals surface area (Å²) >= 11 is 0. The highest BCUT2D eigenvalue weighted by atomic mass is 16.5. The van der Waals surface area contributed by atoms with E-state index in [-0.39, 0.29) is 18.6 Å². The van der Waals surface area contributed by atoms with Crippen LogP contribution in [0.3, 0.4) is 0 Å². The van der Waals surface area contributed by atoms with Crippen LogP contribution in [0.5, 0.6) is 5.75 Å². The molecule has 2 aromatic carbocycles. The lowest BCUT2D eigenvalue weighted by atomic mass is 10.1. The average molecular weight is 467 g/mol. The minimum absolute atomic E-state index is 0.0390. The Balaban J connectivity index is 1.41. The van der Waals surface area contributed by atoms with Crippen LogP contribution in [0.1, 0.15) is 35.1 Å². The average Bonchev–Trinajstić information content (AvgIpc) is 3.33. The zero-order valence-electron chi connectivity index (χ0n) is 19.6. The first kappa shape index (κ1) is 24.9. The van der Waals surface area contributed by atoms with Gasteiger partial charge >= 0.3 is 11.8 Å². The van der Waals surface area contributed by atoms with E-state index < -0.39 is 11.8 Å². The molecule has 1 fully saturated rings. The molecule has 2 aromatic rings. The van der Waals surface area contributed by atoms with Gasteiger partial charge in [-0.2, -0.15) is 5.10 Å². The Kier molecular flexibility index (Phi) is 8.75. The van der Waals surface area contributed by atoms with E-state index in [2.05, 4.69) is 21.2 Å². The summed E-state index contributed by atoms with van der Waals surface area (Å²) in [5, 5.41) is 9.22. The number of nitrogens with one attached hydrogen (secondary N) is 3. The van der Waals surface area contributed by atoms with Crippen molar-refractivity contribution in [2.24, 2.45) is 5.10 Å². The van der Waals surface area contributed by atoms with Crippen molar-refractivity contribution in [3.63, 3.8) is 0 Å². The van der Waals surface area contributed by atoms with Crippen LogP contribution in [-0.2, 0) is 19.1 Å². The number of hydrazone groups is 1. The first-order chi connectivity index (χ1) is 16.3. The van der Waals surface area contributed by atoms with Crippen molar-refractivity contribution in [3.8, 4) is 5.75 Å². The molecular weight excluding hydrogens is 436 g/mol. The molecule has 0 bridgehead atoms. The minimum Gasteiger partial charge on any atom is -0.484 e. The second-order valence-corrected chi connectivity index (χ2v) is 8.22. The predicted octanol–water partition coefficient (Wildman–Crippen LogP) is 2.37. The Labute approximate surface area is 198 Å². The van der Waals surface area contributed by atoms with Crippen LogP contribution >= 0.6 is 0 Å². The molecule has 1 aliphatic rings. The number of anilines is 1. The number of hydrogen-bond donors (Lipinski definition) is 3. The van der Waals surface area contributed by atoms with Crippen LogP contribution in [-0.4, -0.2) is 49.8 Å². The van der Waals surface area contributed by atoms with Crippen LogP contribution in [0, 0.1) is 20.8 Å². The zero-order valence-corrected chi connectivity index (χ0v) is 19.6. The van der Waals surface area contributed by atoms with Crippen LogP contribution < -0.4 is 20.8 Å². The molecule has 0 spiro atoms. The molecule has 1 aliphatic heterocycles. The number of amides is 3. The smallest absolute Gasteiger partial charge is 0.329 e. The summed E-state index contributed by atoms with van der Waals surface area (Å²) in [4.78, 5) is 35.9. The molecule has 0 saturated carbocycles. The van der Waals surface area contributed by atoms with E-state index in [0.29, 0.717) is 24.5 Å². The molecule has 180 valence electrons. The molecule has 0 unspecified atom stereocenters. The zero-order chi connectivity index (χ0) is 24.5. The minimum atomic E-state index is -0.848. The van der Waals surface area contributed by atoms with Gasteiger partial charge in [0.15, 0.2) is 6.61 Å². The molecule has 1 heterocycles. The summed E-state index contributed by atoms with van der Waals surface area (Å²) in [6.07, 6.45) is 3.20. The van der Waals surface area contributed by atoms with Gasteiger partial charge in [0.2, 0.25) is 0 Å². The molecule has 34 heavy (non-hydrogen) atoms. The summed E-state index contributed by atoms with van der Waals surface area (Å²) in [5.74, 6) is -1.34. The van der Waals surface area contributed by atoms with Crippen molar-refractivity contribution in [2.45, 2.75) is 39.7 Å². The third kappa shape index (κ3) is 7.41. The fourth-order valence-electron chi connectivity index (χ4n) is 3.66. The fourth-order valence-corrected chi connectivity index (χ4v) is 3.66.